The zero-order valence-corrected chi connectivity index (χ0v) is 14.3. The number of aryl methyl sites for hydroxylation is 1. The van der Waals surface area contributed by atoms with Crippen molar-refractivity contribution in [3.8, 4) is 0 Å². The fourth-order valence-corrected chi connectivity index (χ4v) is 2.77. The number of rotatable bonds is 5. The molecule has 6 heteroatoms. The minimum atomic E-state index is -0.923. The van der Waals surface area contributed by atoms with Gasteiger partial charge in [-0.15, -0.1) is 11.3 Å². The predicted octanol–water partition coefficient (Wildman–Crippen LogP) is 4.29. The molecule has 1 N–H and O–H groups in total. The highest BCUT2D eigenvalue weighted by Crippen LogP contribution is 2.21. The van der Waals surface area contributed by atoms with Gasteiger partial charge in [-0.1, -0.05) is 23.7 Å². The number of esters is 1. The van der Waals surface area contributed by atoms with Gasteiger partial charge in [0.1, 0.15) is 0 Å². The molecule has 0 saturated carbocycles. The third-order valence-corrected chi connectivity index (χ3v) is 4.38. The van der Waals surface area contributed by atoms with Crippen LogP contribution in [0.3, 0.4) is 0 Å². The van der Waals surface area contributed by atoms with E-state index in [1.165, 1.54) is 24.3 Å². The summed E-state index contributed by atoms with van der Waals surface area (Å²) in [6, 6.07) is 8.83. The highest BCUT2D eigenvalue weighted by atomic mass is 35.5. The van der Waals surface area contributed by atoms with Crippen molar-refractivity contribution in [2.75, 3.05) is 5.32 Å². The van der Waals surface area contributed by atoms with Crippen molar-refractivity contribution in [3.05, 3.63) is 57.3 Å². The van der Waals surface area contributed by atoms with Crippen LogP contribution in [0.4, 0.5) is 5.69 Å². The van der Waals surface area contributed by atoms with Crippen molar-refractivity contribution >= 4 is 46.6 Å². The summed E-state index contributed by atoms with van der Waals surface area (Å²) in [5.41, 5.74) is 1.57. The van der Waals surface area contributed by atoms with Crippen molar-refractivity contribution in [1.82, 2.24) is 0 Å². The van der Waals surface area contributed by atoms with Crippen molar-refractivity contribution in [2.45, 2.75) is 20.0 Å². The molecule has 0 fully saturated rings. The molecule has 23 heavy (non-hydrogen) atoms. The van der Waals surface area contributed by atoms with Gasteiger partial charge in [0.15, 0.2) is 6.10 Å². The highest BCUT2D eigenvalue weighted by Gasteiger charge is 2.17. The normalized spacial score (nSPS) is 12.1. The Hall–Kier alpha value is -2.11. The van der Waals surface area contributed by atoms with Crippen LogP contribution in [0.1, 0.15) is 17.4 Å². The van der Waals surface area contributed by atoms with Gasteiger partial charge in [-0.3, -0.25) is 4.79 Å². The van der Waals surface area contributed by atoms with E-state index < -0.39 is 18.0 Å². The lowest BCUT2D eigenvalue weighted by molar-refractivity contribution is -0.148. The number of carbonyl (C=O) groups is 2. The molecule has 120 valence electrons. The summed E-state index contributed by atoms with van der Waals surface area (Å²) in [6.07, 6.45) is 2.08. The largest absolute Gasteiger partial charge is 0.449 e. The molecule has 1 heterocycles. The van der Waals surface area contributed by atoms with Gasteiger partial charge in [0.05, 0.1) is 10.7 Å². The van der Waals surface area contributed by atoms with Crippen LogP contribution >= 0.6 is 22.9 Å². The molecular weight excluding hydrogens is 334 g/mol. The molecule has 1 atom stereocenters. The van der Waals surface area contributed by atoms with Gasteiger partial charge >= 0.3 is 5.97 Å². The summed E-state index contributed by atoms with van der Waals surface area (Å²) in [5.74, 6) is -1.01. The van der Waals surface area contributed by atoms with E-state index in [9.17, 15) is 9.59 Å². The van der Waals surface area contributed by atoms with Gasteiger partial charge in [0.2, 0.25) is 0 Å². The standard InChI is InChI=1S/C17H16ClNO3S/c1-11-9-10-23-15(11)7-8-16(20)22-12(2)17(21)19-14-6-4-3-5-13(14)18/h3-10,12H,1-2H3,(H,19,21)/b8-7+/t12-/m1/s1. The monoisotopic (exact) mass is 349 g/mol. The molecule has 0 unspecified atom stereocenters. The van der Waals surface area contributed by atoms with Gasteiger partial charge in [-0.2, -0.15) is 0 Å². The molecule has 2 aromatic rings. The quantitative estimate of drug-likeness (QED) is 0.647. The molecule has 4 nitrogen and oxygen atoms in total. The van der Waals surface area contributed by atoms with Crippen LogP contribution in [-0.2, 0) is 14.3 Å². The molecule has 1 aromatic heterocycles. The summed E-state index contributed by atoms with van der Waals surface area (Å²) in [6.45, 7) is 3.47. The zero-order valence-electron chi connectivity index (χ0n) is 12.7. The molecule has 1 amide bonds. The molecule has 0 saturated heterocycles. The first-order chi connectivity index (χ1) is 11.0. The van der Waals surface area contributed by atoms with Crippen LogP contribution in [0.5, 0.6) is 0 Å². The van der Waals surface area contributed by atoms with E-state index in [4.69, 9.17) is 16.3 Å². The van der Waals surface area contributed by atoms with E-state index in [1.807, 2.05) is 18.4 Å². The van der Waals surface area contributed by atoms with Crippen molar-refractivity contribution in [2.24, 2.45) is 0 Å². The number of carbonyl (C=O) groups excluding carboxylic acids is 2. The second-order valence-corrected chi connectivity index (χ2v) is 6.20. The summed E-state index contributed by atoms with van der Waals surface area (Å²) < 4.78 is 5.09. The average Bonchev–Trinajstić information content (AvgIpc) is 2.92. The summed E-state index contributed by atoms with van der Waals surface area (Å²) in [4.78, 5) is 24.8. The summed E-state index contributed by atoms with van der Waals surface area (Å²) in [7, 11) is 0. The summed E-state index contributed by atoms with van der Waals surface area (Å²) in [5, 5.41) is 4.99. The number of halogens is 1. The number of anilines is 1. The molecule has 0 aliphatic carbocycles. The molecule has 0 radical (unpaired) electrons. The van der Waals surface area contributed by atoms with Gasteiger partial charge in [-0.05, 0) is 49.1 Å². The second kappa shape index (κ2) is 7.94. The maximum atomic E-state index is 12.0. The maximum Gasteiger partial charge on any atom is 0.331 e. The van der Waals surface area contributed by atoms with Gasteiger partial charge in [0.25, 0.3) is 5.91 Å². The number of thiophene rings is 1. The Morgan fingerprint density at radius 1 is 1.30 bits per heavy atom. The summed E-state index contributed by atoms with van der Waals surface area (Å²) >= 11 is 7.50. The molecule has 1 aromatic carbocycles. The molecule has 2 rings (SSSR count). The fraction of sp³-hybridized carbons (Fsp3) is 0.176. The van der Waals surface area contributed by atoms with E-state index in [2.05, 4.69) is 5.32 Å². The lowest BCUT2D eigenvalue weighted by Crippen LogP contribution is -2.29. The lowest BCUT2D eigenvalue weighted by Gasteiger charge is -2.13. The van der Waals surface area contributed by atoms with E-state index in [1.54, 1.807) is 30.3 Å². The first-order valence-electron chi connectivity index (χ1n) is 6.95. The third-order valence-electron chi connectivity index (χ3n) is 3.07. The Kier molecular flexibility index (Phi) is 5.96. The topological polar surface area (TPSA) is 55.4 Å². The van der Waals surface area contributed by atoms with Crippen molar-refractivity contribution in [1.29, 1.82) is 0 Å². The number of amides is 1. The number of ether oxygens (including phenoxy) is 1. The Morgan fingerprint density at radius 3 is 2.70 bits per heavy atom. The second-order valence-electron chi connectivity index (χ2n) is 4.85. The molecule has 0 aliphatic heterocycles. The van der Waals surface area contributed by atoms with Crippen molar-refractivity contribution < 1.29 is 14.3 Å². The Morgan fingerprint density at radius 2 is 2.04 bits per heavy atom. The molecule has 0 bridgehead atoms. The number of nitrogens with one attached hydrogen (secondary N) is 1. The first kappa shape index (κ1) is 17.2. The first-order valence-corrected chi connectivity index (χ1v) is 8.21. The van der Waals surface area contributed by atoms with Gasteiger partial charge in [-0.25, -0.2) is 4.79 Å². The van der Waals surface area contributed by atoms with Crippen LogP contribution in [-0.4, -0.2) is 18.0 Å². The minimum Gasteiger partial charge on any atom is -0.449 e. The Bertz CT molecular complexity index is 739. The predicted molar refractivity (Wildman–Crippen MR) is 93.7 cm³/mol. The number of benzene rings is 1. The van der Waals surface area contributed by atoms with Crippen molar-refractivity contribution in [3.63, 3.8) is 0 Å². The molecule has 0 aliphatic rings. The number of para-hydroxylation sites is 1. The van der Waals surface area contributed by atoms with Crippen LogP contribution in [0.15, 0.2) is 41.8 Å². The Labute approximate surface area is 143 Å². The fourth-order valence-electron chi connectivity index (χ4n) is 1.76. The van der Waals surface area contributed by atoms with Crippen LogP contribution in [0.2, 0.25) is 5.02 Å². The lowest BCUT2D eigenvalue weighted by atomic mass is 10.3. The Balaban J connectivity index is 1.90. The average molecular weight is 350 g/mol. The number of hydrogen-bond donors (Lipinski definition) is 1. The zero-order chi connectivity index (χ0) is 16.8. The van der Waals surface area contributed by atoms with Crippen LogP contribution < -0.4 is 5.32 Å². The highest BCUT2D eigenvalue weighted by molar-refractivity contribution is 7.11. The molecule has 0 spiro atoms. The van der Waals surface area contributed by atoms with Gasteiger partial charge in [0, 0.05) is 11.0 Å². The maximum absolute atomic E-state index is 12.0. The SMILES string of the molecule is Cc1ccsc1/C=C/C(=O)O[C@H](C)C(=O)Nc1ccccc1Cl. The van der Waals surface area contributed by atoms with Crippen LogP contribution in [0, 0.1) is 6.92 Å². The number of hydrogen-bond acceptors (Lipinski definition) is 4. The molecular formula is C17H16ClNO3S. The van der Waals surface area contributed by atoms with E-state index in [-0.39, 0.29) is 0 Å². The third kappa shape index (κ3) is 4.94. The van der Waals surface area contributed by atoms with E-state index in [0.717, 1.165) is 10.4 Å². The smallest absolute Gasteiger partial charge is 0.331 e. The minimum absolute atomic E-state index is 0.424. The van der Waals surface area contributed by atoms with Crippen LogP contribution in [0.25, 0.3) is 6.08 Å². The van der Waals surface area contributed by atoms with Gasteiger partial charge < -0.3 is 10.1 Å². The van der Waals surface area contributed by atoms with E-state index in [0.29, 0.717) is 10.7 Å². The van der Waals surface area contributed by atoms with E-state index >= 15 is 0 Å².